The van der Waals surface area contributed by atoms with E-state index in [-0.39, 0.29) is 29.7 Å². The lowest BCUT2D eigenvalue weighted by Gasteiger charge is -2.27. The van der Waals surface area contributed by atoms with E-state index in [1.54, 1.807) is 0 Å². The predicted molar refractivity (Wildman–Crippen MR) is 93.9 cm³/mol. The number of anilines is 2. The van der Waals surface area contributed by atoms with Gasteiger partial charge in [0.25, 0.3) is 0 Å². The second-order valence-corrected chi connectivity index (χ2v) is 6.71. The van der Waals surface area contributed by atoms with Crippen LogP contribution >= 0.6 is 0 Å². The first-order valence-electron chi connectivity index (χ1n) is 8.34. The van der Waals surface area contributed by atoms with Gasteiger partial charge in [0.05, 0.1) is 17.5 Å². The minimum absolute atomic E-state index is 0.0179. The molecular weight excluding hydrogens is 300 g/mol. The summed E-state index contributed by atoms with van der Waals surface area (Å²) in [5.41, 5.74) is 2.87. The monoisotopic (exact) mass is 320 g/mol. The predicted octanol–water partition coefficient (Wildman–Crippen LogP) is 3.01. The molecule has 4 nitrogen and oxygen atoms in total. The highest BCUT2D eigenvalue weighted by Crippen LogP contribution is 2.41. The van der Waals surface area contributed by atoms with E-state index >= 15 is 0 Å². The van der Waals surface area contributed by atoms with Gasteiger partial charge in [0.1, 0.15) is 0 Å². The molecule has 24 heavy (non-hydrogen) atoms. The zero-order valence-electron chi connectivity index (χ0n) is 13.8. The summed E-state index contributed by atoms with van der Waals surface area (Å²) in [6.45, 7) is 4.64. The molecule has 2 aromatic carbocycles. The first-order chi connectivity index (χ1) is 11.6. The molecule has 0 saturated carbocycles. The number of nitrogens with zero attached hydrogens (tertiary/aromatic N) is 2. The molecule has 2 heterocycles. The quantitative estimate of drug-likeness (QED) is 0.799. The van der Waals surface area contributed by atoms with Crippen molar-refractivity contribution in [1.82, 2.24) is 0 Å². The first kappa shape index (κ1) is 14.9. The number of hydrogen-bond acceptors (Lipinski definition) is 3. The van der Waals surface area contributed by atoms with Crippen LogP contribution in [-0.4, -0.2) is 24.4 Å². The Balaban J connectivity index is 1.64. The SMILES string of the molecule is Cc1ccc(N2C(=O)C3CN(c4ccccc4)[C@H](C)[C@H]3C2=O)cc1. The third kappa shape index (κ3) is 2.13. The highest BCUT2D eigenvalue weighted by Gasteiger charge is 2.56. The largest absolute Gasteiger partial charge is 0.367 e. The summed E-state index contributed by atoms with van der Waals surface area (Å²) in [7, 11) is 0. The maximum atomic E-state index is 12.9. The zero-order valence-corrected chi connectivity index (χ0v) is 13.8. The van der Waals surface area contributed by atoms with Gasteiger partial charge in [-0.05, 0) is 38.1 Å². The van der Waals surface area contributed by atoms with Crippen molar-refractivity contribution < 1.29 is 9.59 Å². The number of carbonyl (C=O) groups excluding carboxylic acids is 2. The van der Waals surface area contributed by atoms with Gasteiger partial charge in [-0.25, -0.2) is 4.90 Å². The fourth-order valence-corrected chi connectivity index (χ4v) is 3.96. The highest BCUT2D eigenvalue weighted by atomic mass is 16.2. The average molecular weight is 320 g/mol. The Bertz CT molecular complexity index is 785. The number of benzene rings is 2. The van der Waals surface area contributed by atoms with Crippen LogP contribution in [0.3, 0.4) is 0 Å². The van der Waals surface area contributed by atoms with Crippen molar-refractivity contribution in [3.63, 3.8) is 0 Å². The standard InChI is InChI=1S/C20H20N2O2/c1-13-8-10-16(11-9-13)22-19(23)17-12-21(14(2)18(17)20(22)24)15-6-4-3-5-7-15/h3-11,14,17-18H,12H2,1-2H3/t14-,17?,18-/m1/s1. The Morgan fingerprint density at radius 3 is 2.17 bits per heavy atom. The molecular formula is C20H20N2O2. The van der Waals surface area contributed by atoms with Crippen molar-refractivity contribution in [3.05, 3.63) is 60.2 Å². The number of amides is 2. The Morgan fingerprint density at radius 2 is 1.54 bits per heavy atom. The van der Waals surface area contributed by atoms with Gasteiger partial charge in [-0.2, -0.15) is 0 Å². The third-order valence-corrected chi connectivity index (χ3v) is 5.26. The van der Waals surface area contributed by atoms with Gasteiger partial charge in [0, 0.05) is 18.3 Å². The maximum Gasteiger partial charge on any atom is 0.239 e. The molecule has 1 unspecified atom stereocenters. The number of imide groups is 1. The number of para-hydroxylation sites is 1. The smallest absolute Gasteiger partial charge is 0.239 e. The van der Waals surface area contributed by atoms with E-state index in [4.69, 9.17) is 0 Å². The molecule has 0 spiro atoms. The Morgan fingerprint density at radius 1 is 0.875 bits per heavy atom. The van der Waals surface area contributed by atoms with Crippen molar-refractivity contribution in [2.24, 2.45) is 11.8 Å². The van der Waals surface area contributed by atoms with E-state index in [1.807, 2.05) is 68.4 Å². The fourth-order valence-electron chi connectivity index (χ4n) is 3.96. The van der Waals surface area contributed by atoms with E-state index in [0.29, 0.717) is 12.2 Å². The minimum Gasteiger partial charge on any atom is -0.367 e. The molecule has 3 atom stereocenters. The van der Waals surface area contributed by atoms with Gasteiger partial charge in [-0.3, -0.25) is 9.59 Å². The van der Waals surface area contributed by atoms with Crippen LogP contribution in [0.2, 0.25) is 0 Å². The van der Waals surface area contributed by atoms with Crippen molar-refractivity contribution in [1.29, 1.82) is 0 Å². The summed E-state index contributed by atoms with van der Waals surface area (Å²) in [5, 5.41) is 0. The Labute approximate surface area is 141 Å². The Hall–Kier alpha value is -2.62. The fraction of sp³-hybridized carbons (Fsp3) is 0.300. The number of carbonyl (C=O) groups is 2. The van der Waals surface area contributed by atoms with Gasteiger partial charge in [-0.15, -0.1) is 0 Å². The van der Waals surface area contributed by atoms with Crippen LogP contribution in [0.25, 0.3) is 0 Å². The molecule has 0 bridgehead atoms. The molecule has 0 aliphatic carbocycles. The topological polar surface area (TPSA) is 40.6 Å². The highest BCUT2D eigenvalue weighted by molar-refractivity contribution is 6.23. The number of rotatable bonds is 2. The molecule has 122 valence electrons. The summed E-state index contributed by atoms with van der Waals surface area (Å²) < 4.78 is 0. The normalized spacial score (nSPS) is 26.2. The molecule has 0 aromatic heterocycles. The first-order valence-corrected chi connectivity index (χ1v) is 8.34. The summed E-state index contributed by atoms with van der Waals surface area (Å²) in [5.74, 6) is -0.660. The second-order valence-electron chi connectivity index (χ2n) is 6.71. The third-order valence-electron chi connectivity index (χ3n) is 5.26. The summed E-state index contributed by atoms with van der Waals surface area (Å²) >= 11 is 0. The van der Waals surface area contributed by atoms with Gasteiger partial charge in [0.2, 0.25) is 11.8 Å². The van der Waals surface area contributed by atoms with Crippen LogP contribution < -0.4 is 9.80 Å². The zero-order chi connectivity index (χ0) is 16.8. The van der Waals surface area contributed by atoms with E-state index < -0.39 is 0 Å². The molecule has 2 fully saturated rings. The molecule has 2 amide bonds. The van der Waals surface area contributed by atoms with Crippen LogP contribution in [-0.2, 0) is 9.59 Å². The lowest BCUT2D eigenvalue weighted by molar-refractivity contribution is -0.122. The number of fused-ring (bicyclic) bond motifs is 1. The van der Waals surface area contributed by atoms with Crippen molar-refractivity contribution in [3.8, 4) is 0 Å². The number of hydrogen-bond donors (Lipinski definition) is 0. The lowest BCUT2D eigenvalue weighted by Crippen LogP contribution is -2.39. The van der Waals surface area contributed by atoms with Crippen molar-refractivity contribution in [2.45, 2.75) is 19.9 Å². The van der Waals surface area contributed by atoms with Gasteiger partial charge in [0.15, 0.2) is 0 Å². The molecule has 2 aliphatic rings. The summed E-state index contributed by atoms with van der Waals surface area (Å²) in [4.78, 5) is 29.4. The summed E-state index contributed by atoms with van der Waals surface area (Å²) in [6, 6.07) is 17.6. The van der Waals surface area contributed by atoms with Gasteiger partial charge < -0.3 is 4.90 Å². The van der Waals surface area contributed by atoms with Gasteiger partial charge in [-0.1, -0.05) is 35.9 Å². The van der Waals surface area contributed by atoms with Crippen LogP contribution in [0.15, 0.2) is 54.6 Å². The van der Waals surface area contributed by atoms with E-state index in [9.17, 15) is 9.59 Å². The molecule has 2 aliphatic heterocycles. The van der Waals surface area contributed by atoms with Crippen LogP contribution in [0, 0.1) is 18.8 Å². The second kappa shape index (κ2) is 5.48. The van der Waals surface area contributed by atoms with E-state index in [2.05, 4.69) is 4.90 Å². The van der Waals surface area contributed by atoms with E-state index in [0.717, 1.165) is 11.3 Å². The number of aryl methyl sites for hydroxylation is 1. The molecule has 4 rings (SSSR count). The molecule has 0 N–H and O–H groups in total. The lowest BCUT2D eigenvalue weighted by atomic mass is 9.94. The van der Waals surface area contributed by atoms with Crippen molar-refractivity contribution >= 4 is 23.2 Å². The molecule has 4 heteroatoms. The van der Waals surface area contributed by atoms with Crippen LogP contribution in [0.4, 0.5) is 11.4 Å². The van der Waals surface area contributed by atoms with Crippen molar-refractivity contribution in [2.75, 3.05) is 16.3 Å². The maximum absolute atomic E-state index is 12.9. The molecule has 0 radical (unpaired) electrons. The average Bonchev–Trinajstić information content (AvgIpc) is 3.06. The van der Waals surface area contributed by atoms with Crippen LogP contribution in [0.5, 0.6) is 0 Å². The Kier molecular flexibility index (Phi) is 3.41. The van der Waals surface area contributed by atoms with E-state index in [1.165, 1.54) is 4.90 Å². The molecule has 2 saturated heterocycles. The van der Waals surface area contributed by atoms with Crippen LogP contribution in [0.1, 0.15) is 12.5 Å². The molecule has 2 aromatic rings. The minimum atomic E-state index is -0.265. The summed E-state index contributed by atoms with van der Waals surface area (Å²) in [6.07, 6.45) is 0. The van der Waals surface area contributed by atoms with Gasteiger partial charge >= 0.3 is 0 Å².